The second-order valence-corrected chi connectivity index (χ2v) is 2.54. The van der Waals surface area contributed by atoms with E-state index in [-0.39, 0.29) is 18.4 Å². The molecule has 0 heterocycles. The third-order valence-electron chi connectivity index (χ3n) is 1.45. The number of rotatable bonds is 5. The van der Waals surface area contributed by atoms with Crippen LogP contribution in [0.1, 0.15) is 13.8 Å². The summed E-state index contributed by atoms with van der Waals surface area (Å²) < 4.78 is 4.87. The first kappa shape index (κ1) is 11.9. The lowest BCUT2D eigenvalue weighted by Gasteiger charge is -2.11. The van der Waals surface area contributed by atoms with Crippen molar-refractivity contribution in [2.24, 2.45) is 0 Å². The first-order valence-electron chi connectivity index (χ1n) is 4.20. The number of hydrogen-bond acceptors (Lipinski definition) is 3. The van der Waals surface area contributed by atoms with Crippen molar-refractivity contribution in [2.45, 2.75) is 19.9 Å². The van der Waals surface area contributed by atoms with Crippen LogP contribution in [0.4, 0.5) is 0 Å². The summed E-state index contributed by atoms with van der Waals surface area (Å²) >= 11 is 0. The summed E-state index contributed by atoms with van der Waals surface area (Å²) in [5.41, 5.74) is 0. The van der Waals surface area contributed by atoms with Crippen molar-refractivity contribution in [1.29, 1.82) is 0 Å². The highest BCUT2D eigenvalue weighted by molar-refractivity contribution is 5.87. The van der Waals surface area contributed by atoms with E-state index in [4.69, 9.17) is 4.74 Å². The lowest BCUT2D eigenvalue weighted by molar-refractivity contribution is -0.130. The number of carbonyl (C=O) groups is 2. The third kappa shape index (κ3) is 5.19. The SMILES string of the molecule is CCOCC(=O)NC(C)C(=O)NC. The molecule has 2 amide bonds. The zero-order chi connectivity index (χ0) is 10.3. The van der Waals surface area contributed by atoms with Gasteiger partial charge in [-0.15, -0.1) is 0 Å². The van der Waals surface area contributed by atoms with Crippen LogP contribution in [0.3, 0.4) is 0 Å². The fourth-order valence-corrected chi connectivity index (χ4v) is 0.760. The van der Waals surface area contributed by atoms with Gasteiger partial charge in [0.1, 0.15) is 12.6 Å². The molecule has 0 aromatic heterocycles. The van der Waals surface area contributed by atoms with Gasteiger partial charge < -0.3 is 15.4 Å². The maximum Gasteiger partial charge on any atom is 0.246 e. The molecule has 0 radical (unpaired) electrons. The van der Waals surface area contributed by atoms with Crippen LogP contribution in [-0.2, 0) is 14.3 Å². The molecule has 0 spiro atoms. The molecule has 13 heavy (non-hydrogen) atoms. The number of amides is 2. The summed E-state index contributed by atoms with van der Waals surface area (Å²) in [5, 5.41) is 4.92. The molecule has 0 bridgehead atoms. The molecule has 0 saturated carbocycles. The van der Waals surface area contributed by atoms with Gasteiger partial charge in [0.05, 0.1) is 0 Å². The number of carbonyl (C=O) groups excluding carboxylic acids is 2. The zero-order valence-corrected chi connectivity index (χ0v) is 8.22. The molecular weight excluding hydrogens is 172 g/mol. The fraction of sp³-hybridized carbons (Fsp3) is 0.750. The van der Waals surface area contributed by atoms with Crippen LogP contribution in [0.2, 0.25) is 0 Å². The molecule has 2 N–H and O–H groups in total. The third-order valence-corrected chi connectivity index (χ3v) is 1.45. The van der Waals surface area contributed by atoms with Gasteiger partial charge in [0, 0.05) is 13.7 Å². The van der Waals surface area contributed by atoms with Crippen LogP contribution < -0.4 is 10.6 Å². The van der Waals surface area contributed by atoms with Crippen molar-refractivity contribution >= 4 is 11.8 Å². The van der Waals surface area contributed by atoms with Gasteiger partial charge in [-0.3, -0.25) is 9.59 Å². The molecular formula is C8H16N2O3. The highest BCUT2D eigenvalue weighted by atomic mass is 16.5. The Labute approximate surface area is 77.8 Å². The topological polar surface area (TPSA) is 67.4 Å². The van der Waals surface area contributed by atoms with E-state index in [1.165, 1.54) is 7.05 Å². The molecule has 1 atom stereocenters. The molecule has 1 unspecified atom stereocenters. The van der Waals surface area contributed by atoms with E-state index in [2.05, 4.69) is 10.6 Å². The summed E-state index contributed by atoms with van der Waals surface area (Å²) in [4.78, 5) is 22.0. The molecule has 0 aliphatic carbocycles. The van der Waals surface area contributed by atoms with Crippen molar-refractivity contribution in [3.8, 4) is 0 Å². The first-order chi connectivity index (χ1) is 6.11. The van der Waals surface area contributed by atoms with Crippen molar-refractivity contribution < 1.29 is 14.3 Å². The molecule has 0 rings (SSSR count). The van der Waals surface area contributed by atoms with E-state index in [1.807, 2.05) is 0 Å². The molecule has 76 valence electrons. The van der Waals surface area contributed by atoms with E-state index in [9.17, 15) is 9.59 Å². The number of hydrogen-bond donors (Lipinski definition) is 2. The van der Waals surface area contributed by atoms with Crippen LogP contribution in [0.25, 0.3) is 0 Å². The Bertz CT molecular complexity index is 182. The van der Waals surface area contributed by atoms with Crippen LogP contribution in [0.5, 0.6) is 0 Å². The lowest BCUT2D eigenvalue weighted by Crippen LogP contribution is -2.44. The first-order valence-corrected chi connectivity index (χ1v) is 4.20. The molecule has 5 nitrogen and oxygen atoms in total. The van der Waals surface area contributed by atoms with Gasteiger partial charge in [-0.1, -0.05) is 0 Å². The van der Waals surface area contributed by atoms with Gasteiger partial charge in [0.25, 0.3) is 0 Å². The van der Waals surface area contributed by atoms with Crippen LogP contribution >= 0.6 is 0 Å². The Kier molecular flexibility index (Phi) is 5.88. The van der Waals surface area contributed by atoms with Crippen molar-refractivity contribution in [1.82, 2.24) is 10.6 Å². The normalized spacial score (nSPS) is 11.9. The number of likely N-dealkylation sites (N-methyl/N-ethyl adjacent to an activating group) is 1. The standard InChI is InChI=1S/C8H16N2O3/c1-4-13-5-7(11)10-6(2)8(12)9-3/h6H,4-5H2,1-3H3,(H,9,12)(H,10,11). The van der Waals surface area contributed by atoms with Crippen molar-refractivity contribution in [3.05, 3.63) is 0 Å². The average Bonchev–Trinajstić information content (AvgIpc) is 2.13. The molecule has 0 aliphatic rings. The Balaban J connectivity index is 3.71. The monoisotopic (exact) mass is 188 g/mol. The average molecular weight is 188 g/mol. The highest BCUT2D eigenvalue weighted by Crippen LogP contribution is 1.82. The maximum absolute atomic E-state index is 11.0. The highest BCUT2D eigenvalue weighted by Gasteiger charge is 2.13. The van der Waals surface area contributed by atoms with Gasteiger partial charge in [-0.05, 0) is 13.8 Å². The minimum absolute atomic E-state index is 0.00215. The minimum atomic E-state index is -0.516. The van der Waals surface area contributed by atoms with E-state index in [0.717, 1.165) is 0 Å². The smallest absolute Gasteiger partial charge is 0.246 e. The quantitative estimate of drug-likeness (QED) is 0.598. The molecule has 0 aromatic rings. The number of nitrogens with one attached hydrogen (secondary N) is 2. The van der Waals surface area contributed by atoms with Gasteiger partial charge in [0.15, 0.2) is 0 Å². The molecule has 5 heteroatoms. The maximum atomic E-state index is 11.0. The molecule has 0 fully saturated rings. The van der Waals surface area contributed by atoms with Gasteiger partial charge >= 0.3 is 0 Å². The van der Waals surface area contributed by atoms with E-state index >= 15 is 0 Å². The van der Waals surface area contributed by atoms with E-state index < -0.39 is 6.04 Å². The summed E-state index contributed by atoms with van der Waals surface area (Å²) in [6, 6.07) is -0.516. The van der Waals surface area contributed by atoms with Crippen molar-refractivity contribution in [2.75, 3.05) is 20.3 Å². The lowest BCUT2D eigenvalue weighted by atomic mass is 10.3. The summed E-state index contributed by atoms with van der Waals surface area (Å²) in [5.74, 6) is -0.497. The minimum Gasteiger partial charge on any atom is -0.372 e. The summed E-state index contributed by atoms with van der Waals surface area (Å²) in [6.45, 7) is 3.90. The number of ether oxygens (including phenoxy) is 1. The van der Waals surface area contributed by atoms with E-state index in [1.54, 1.807) is 13.8 Å². The zero-order valence-electron chi connectivity index (χ0n) is 8.22. The summed E-state index contributed by atoms with van der Waals surface area (Å²) in [6.07, 6.45) is 0. The Morgan fingerprint density at radius 3 is 2.54 bits per heavy atom. The van der Waals surface area contributed by atoms with Crippen molar-refractivity contribution in [3.63, 3.8) is 0 Å². The van der Waals surface area contributed by atoms with Crippen LogP contribution in [-0.4, -0.2) is 38.1 Å². The van der Waals surface area contributed by atoms with Gasteiger partial charge in [-0.2, -0.15) is 0 Å². The Hall–Kier alpha value is -1.10. The second-order valence-electron chi connectivity index (χ2n) is 2.54. The summed E-state index contributed by atoms with van der Waals surface area (Å²) in [7, 11) is 1.52. The van der Waals surface area contributed by atoms with Gasteiger partial charge in [0.2, 0.25) is 11.8 Å². The predicted octanol–water partition coefficient (Wildman–Crippen LogP) is -0.726. The fourth-order valence-electron chi connectivity index (χ4n) is 0.760. The van der Waals surface area contributed by atoms with E-state index in [0.29, 0.717) is 6.61 Å². The predicted molar refractivity (Wildman–Crippen MR) is 48.2 cm³/mol. The Morgan fingerprint density at radius 1 is 1.46 bits per heavy atom. The molecule has 0 aliphatic heterocycles. The largest absolute Gasteiger partial charge is 0.372 e. The van der Waals surface area contributed by atoms with Crippen LogP contribution in [0.15, 0.2) is 0 Å². The van der Waals surface area contributed by atoms with Crippen LogP contribution in [0, 0.1) is 0 Å². The second kappa shape index (κ2) is 6.42. The Morgan fingerprint density at radius 2 is 2.08 bits per heavy atom. The molecule has 0 aromatic carbocycles. The van der Waals surface area contributed by atoms with Gasteiger partial charge in [-0.25, -0.2) is 0 Å². The molecule has 0 saturated heterocycles.